The first kappa shape index (κ1) is 16.7. The van der Waals surface area contributed by atoms with Crippen molar-refractivity contribution in [2.75, 3.05) is 32.8 Å². The summed E-state index contributed by atoms with van der Waals surface area (Å²) in [6, 6.07) is 15.1. The van der Waals surface area contributed by atoms with Gasteiger partial charge in [-0.05, 0) is 49.2 Å². The number of hydrogen-bond donors (Lipinski definition) is 1. The van der Waals surface area contributed by atoms with Gasteiger partial charge in [0, 0.05) is 37.8 Å². The first-order chi connectivity index (χ1) is 12.3. The molecular formula is C21H27N3O. The highest BCUT2D eigenvalue weighted by Crippen LogP contribution is 2.41. The number of aromatic nitrogens is 1. The van der Waals surface area contributed by atoms with E-state index in [9.17, 15) is 5.11 Å². The molecule has 2 aromatic rings. The first-order valence-electron chi connectivity index (χ1n) is 9.33. The van der Waals surface area contributed by atoms with E-state index in [1.807, 2.05) is 12.3 Å². The molecule has 0 radical (unpaired) electrons. The van der Waals surface area contributed by atoms with Gasteiger partial charge in [-0.15, -0.1) is 0 Å². The molecule has 2 aliphatic rings. The van der Waals surface area contributed by atoms with Gasteiger partial charge in [0.15, 0.2) is 0 Å². The highest BCUT2D eigenvalue weighted by Gasteiger charge is 2.41. The number of fused-ring (bicyclic) bond motifs is 2. The summed E-state index contributed by atoms with van der Waals surface area (Å²) in [6.07, 6.45) is 4.24. The second-order valence-electron chi connectivity index (χ2n) is 7.47. The lowest BCUT2D eigenvalue weighted by atomic mass is 9.69. The zero-order valence-corrected chi connectivity index (χ0v) is 14.8. The predicted molar refractivity (Wildman–Crippen MR) is 99.2 cm³/mol. The Balaban J connectivity index is 1.50. The molecule has 1 N–H and O–H groups in total. The highest BCUT2D eigenvalue weighted by molar-refractivity contribution is 5.37. The van der Waals surface area contributed by atoms with Crippen molar-refractivity contribution in [1.29, 1.82) is 0 Å². The topological polar surface area (TPSA) is 39.6 Å². The van der Waals surface area contributed by atoms with Gasteiger partial charge in [0.05, 0.1) is 12.3 Å². The molecule has 25 heavy (non-hydrogen) atoms. The summed E-state index contributed by atoms with van der Waals surface area (Å²) in [7, 11) is 0. The van der Waals surface area contributed by atoms with Crippen LogP contribution in [0, 0.1) is 0 Å². The van der Waals surface area contributed by atoms with E-state index in [4.69, 9.17) is 0 Å². The molecule has 4 nitrogen and oxygen atoms in total. The Hall–Kier alpha value is -1.75. The van der Waals surface area contributed by atoms with Crippen molar-refractivity contribution in [3.63, 3.8) is 0 Å². The molecule has 1 fully saturated rings. The molecule has 2 aliphatic heterocycles. The fourth-order valence-corrected chi connectivity index (χ4v) is 4.57. The van der Waals surface area contributed by atoms with Crippen molar-refractivity contribution < 1.29 is 5.11 Å². The van der Waals surface area contributed by atoms with Gasteiger partial charge in [0.2, 0.25) is 0 Å². The van der Waals surface area contributed by atoms with E-state index >= 15 is 0 Å². The van der Waals surface area contributed by atoms with Crippen LogP contribution in [0.4, 0.5) is 0 Å². The molecule has 0 atom stereocenters. The number of pyridine rings is 1. The SMILES string of the molecule is OCCN1Cc2ccccc2C2(CCN(Cc3ccccn3)CC2)C1. The Morgan fingerprint density at radius 3 is 2.56 bits per heavy atom. The molecule has 1 spiro atoms. The van der Waals surface area contributed by atoms with Crippen LogP contribution in [-0.2, 0) is 18.5 Å². The van der Waals surface area contributed by atoms with E-state index in [1.54, 1.807) is 5.56 Å². The minimum Gasteiger partial charge on any atom is -0.395 e. The summed E-state index contributed by atoms with van der Waals surface area (Å²) >= 11 is 0. The van der Waals surface area contributed by atoms with E-state index in [0.717, 1.165) is 45.0 Å². The summed E-state index contributed by atoms with van der Waals surface area (Å²) in [5, 5.41) is 9.40. The van der Waals surface area contributed by atoms with Crippen molar-refractivity contribution in [2.45, 2.75) is 31.3 Å². The molecule has 0 aliphatic carbocycles. The molecule has 0 bridgehead atoms. The van der Waals surface area contributed by atoms with Crippen molar-refractivity contribution in [1.82, 2.24) is 14.8 Å². The molecule has 0 unspecified atom stereocenters. The number of aliphatic hydroxyl groups is 1. The molecule has 1 aromatic carbocycles. The van der Waals surface area contributed by atoms with Crippen LogP contribution in [0.2, 0.25) is 0 Å². The van der Waals surface area contributed by atoms with Gasteiger partial charge in [-0.3, -0.25) is 14.8 Å². The van der Waals surface area contributed by atoms with Gasteiger partial charge in [-0.2, -0.15) is 0 Å². The van der Waals surface area contributed by atoms with Crippen molar-refractivity contribution >= 4 is 0 Å². The molecular weight excluding hydrogens is 310 g/mol. The maximum atomic E-state index is 9.40. The fourth-order valence-electron chi connectivity index (χ4n) is 4.57. The van der Waals surface area contributed by atoms with Crippen LogP contribution in [0.25, 0.3) is 0 Å². The molecule has 132 valence electrons. The van der Waals surface area contributed by atoms with E-state index in [2.05, 4.69) is 51.2 Å². The largest absolute Gasteiger partial charge is 0.395 e. The van der Waals surface area contributed by atoms with E-state index < -0.39 is 0 Å². The standard InChI is InChI=1S/C21H27N3O/c25-14-13-24-15-18-5-1-2-7-20(18)21(17-24)8-11-23(12-9-21)16-19-6-3-4-10-22-19/h1-7,10,25H,8-9,11-17H2. The highest BCUT2D eigenvalue weighted by atomic mass is 16.3. The second-order valence-corrected chi connectivity index (χ2v) is 7.47. The first-order valence-corrected chi connectivity index (χ1v) is 9.33. The smallest absolute Gasteiger partial charge is 0.0558 e. The van der Waals surface area contributed by atoms with Crippen molar-refractivity contribution in [3.8, 4) is 0 Å². The van der Waals surface area contributed by atoms with Crippen LogP contribution in [0.3, 0.4) is 0 Å². The van der Waals surface area contributed by atoms with Crippen LogP contribution in [-0.4, -0.2) is 52.7 Å². The van der Waals surface area contributed by atoms with Gasteiger partial charge in [0.1, 0.15) is 0 Å². The van der Waals surface area contributed by atoms with Gasteiger partial charge in [0.25, 0.3) is 0 Å². The summed E-state index contributed by atoms with van der Waals surface area (Å²) < 4.78 is 0. The van der Waals surface area contributed by atoms with Gasteiger partial charge >= 0.3 is 0 Å². The molecule has 1 saturated heterocycles. The molecule has 1 aromatic heterocycles. The van der Waals surface area contributed by atoms with Crippen LogP contribution in [0.15, 0.2) is 48.7 Å². The van der Waals surface area contributed by atoms with Crippen LogP contribution >= 0.6 is 0 Å². The Bertz CT molecular complexity index is 695. The molecule has 4 rings (SSSR count). The van der Waals surface area contributed by atoms with E-state index in [0.29, 0.717) is 0 Å². The number of β-amino-alcohol motifs (C(OH)–C–C–N with tert-alkyl or cyclic N) is 1. The lowest BCUT2D eigenvalue weighted by Crippen LogP contribution is -2.52. The average molecular weight is 337 g/mol. The number of aliphatic hydroxyl groups excluding tert-OH is 1. The minimum absolute atomic E-state index is 0.240. The van der Waals surface area contributed by atoms with Crippen LogP contribution in [0.1, 0.15) is 29.7 Å². The van der Waals surface area contributed by atoms with Crippen molar-refractivity contribution in [2.24, 2.45) is 0 Å². The Morgan fingerprint density at radius 2 is 1.80 bits per heavy atom. The van der Waals surface area contributed by atoms with Gasteiger partial charge in [-0.1, -0.05) is 30.3 Å². The van der Waals surface area contributed by atoms with E-state index in [1.165, 1.54) is 18.4 Å². The Morgan fingerprint density at radius 1 is 1.00 bits per heavy atom. The average Bonchev–Trinajstić information content (AvgIpc) is 2.65. The van der Waals surface area contributed by atoms with E-state index in [-0.39, 0.29) is 12.0 Å². The molecule has 0 saturated carbocycles. The third-order valence-electron chi connectivity index (χ3n) is 5.85. The van der Waals surface area contributed by atoms with Gasteiger partial charge in [-0.25, -0.2) is 0 Å². The number of piperidine rings is 1. The number of likely N-dealkylation sites (tertiary alicyclic amines) is 1. The minimum atomic E-state index is 0.240. The third kappa shape index (κ3) is 3.47. The lowest BCUT2D eigenvalue weighted by Gasteiger charge is -2.48. The van der Waals surface area contributed by atoms with Crippen LogP contribution in [0.5, 0.6) is 0 Å². The zero-order valence-electron chi connectivity index (χ0n) is 14.8. The monoisotopic (exact) mass is 337 g/mol. The number of hydrogen-bond acceptors (Lipinski definition) is 4. The number of nitrogens with zero attached hydrogens (tertiary/aromatic N) is 3. The Labute approximate surface area is 150 Å². The summed E-state index contributed by atoms with van der Waals surface area (Å²) in [5.41, 5.74) is 4.39. The third-order valence-corrected chi connectivity index (χ3v) is 5.85. The number of rotatable bonds is 4. The lowest BCUT2D eigenvalue weighted by molar-refractivity contribution is 0.0834. The second kappa shape index (κ2) is 7.24. The molecule has 3 heterocycles. The maximum absolute atomic E-state index is 9.40. The number of benzene rings is 1. The zero-order chi connectivity index (χ0) is 17.1. The van der Waals surface area contributed by atoms with Crippen molar-refractivity contribution in [3.05, 3.63) is 65.5 Å². The summed E-state index contributed by atoms with van der Waals surface area (Å²) in [5.74, 6) is 0. The Kier molecular flexibility index (Phi) is 4.84. The quantitative estimate of drug-likeness (QED) is 0.930. The predicted octanol–water partition coefficient (Wildman–Crippen LogP) is 2.42. The fraction of sp³-hybridized carbons (Fsp3) is 0.476. The van der Waals surface area contributed by atoms with Crippen LogP contribution < -0.4 is 0 Å². The summed E-state index contributed by atoms with van der Waals surface area (Å²) in [6.45, 7) is 6.21. The normalized spacial score (nSPS) is 20.5. The molecule has 4 heteroatoms. The maximum Gasteiger partial charge on any atom is 0.0558 e. The molecule has 0 amide bonds. The summed E-state index contributed by atoms with van der Waals surface area (Å²) in [4.78, 5) is 9.43. The van der Waals surface area contributed by atoms with Gasteiger partial charge < -0.3 is 5.11 Å².